The van der Waals surface area contributed by atoms with E-state index in [1.807, 2.05) is 17.9 Å². The number of rotatable bonds is 3. The normalized spacial score (nSPS) is 23.4. The highest BCUT2D eigenvalue weighted by Gasteiger charge is 2.31. The second kappa shape index (κ2) is 6.19. The number of hydrogen-bond acceptors (Lipinski definition) is 5. The maximum absolute atomic E-state index is 12.1. The lowest BCUT2D eigenvalue weighted by molar-refractivity contribution is 0.150. The number of urea groups is 1. The first-order valence-electron chi connectivity index (χ1n) is 7.66. The van der Waals surface area contributed by atoms with Crippen molar-refractivity contribution >= 4 is 22.3 Å². The van der Waals surface area contributed by atoms with Crippen LogP contribution < -0.4 is 10.1 Å². The van der Waals surface area contributed by atoms with Crippen LogP contribution in [-0.4, -0.2) is 32.3 Å². The van der Waals surface area contributed by atoms with Crippen LogP contribution in [0.4, 0.5) is 4.79 Å². The first-order chi connectivity index (χ1) is 10.9. The number of nitrogens with one attached hydrogen (secondary N) is 2. The van der Waals surface area contributed by atoms with Gasteiger partial charge in [0.1, 0.15) is 0 Å². The van der Waals surface area contributed by atoms with Crippen LogP contribution >= 0.6 is 0 Å². The summed E-state index contributed by atoms with van der Waals surface area (Å²) in [4.78, 5) is 12.0. The van der Waals surface area contributed by atoms with E-state index in [0.29, 0.717) is 18.4 Å². The molecule has 1 aromatic carbocycles. The Morgan fingerprint density at radius 3 is 2.74 bits per heavy atom. The van der Waals surface area contributed by atoms with Gasteiger partial charge in [0.25, 0.3) is 10.0 Å². The van der Waals surface area contributed by atoms with Crippen molar-refractivity contribution < 1.29 is 13.2 Å². The molecule has 124 valence electrons. The summed E-state index contributed by atoms with van der Waals surface area (Å²) in [5, 5.41) is 5.58. The standard InChI is InChI=1S/C15H20N4O3S/c1-11-5-7-14(8-6-11)23(21,22)18-15(20)17-19-10-13-4-2-3-12(13)9-16-19/h5-9,12-13H,2-4,10H2,1H3,(H2,17,18,20). The Morgan fingerprint density at radius 2 is 2.00 bits per heavy atom. The average molecular weight is 336 g/mol. The van der Waals surface area contributed by atoms with E-state index in [1.54, 1.807) is 12.1 Å². The minimum atomic E-state index is -3.89. The predicted octanol–water partition coefficient (Wildman–Crippen LogP) is 1.62. The monoisotopic (exact) mass is 336 g/mol. The molecular formula is C15H20N4O3S. The number of hydrazone groups is 1. The number of nitrogens with zero attached hydrogens (tertiary/aromatic N) is 2. The van der Waals surface area contributed by atoms with Gasteiger partial charge in [0.15, 0.2) is 0 Å². The summed E-state index contributed by atoms with van der Waals surface area (Å²) in [6.45, 7) is 2.47. The lowest BCUT2D eigenvalue weighted by Gasteiger charge is -2.29. The second-order valence-electron chi connectivity index (χ2n) is 6.06. The van der Waals surface area contributed by atoms with E-state index in [9.17, 15) is 13.2 Å². The molecule has 1 fully saturated rings. The van der Waals surface area contributed by atoms with Crippen LogP contribution in [0.5, 0.6) is 0 Å². The molecule has 3 rings (SSSR count). The van der Waals surface area contributed by atoms with E-state index in [2.05, 4.69) is 10.5 Å². The highest BCUT2D eigenvalue weighted by Crippen LogP contribution is 2.32. The van der Waals surface area contributed by atoms with Gasteiger partial charge in [-0.1, -0.05) is 24.1 Å². The quantitative estimate of drug-likeness (QED) is 0.877. The van der Waals surface area contributed by atoms with Gasteiger partial charge in [-0.3, -0.25) is 0 Å². The Kier molecular flexibility index (Phi) is 4.25. The number of sulfonamides is 1. The molecule has 1 saturated carbocycles. The second-order valence-corrected chi connectivity index (χ2v) is 7.74. The van der Waals surface area contributed by atoms with Gasteiger partial charge >= 0.3 is 6.03 Å². The molecule has 2 atom stereocenters. The summed E-state index contributed by atoms with van der Waals surface area (Å²) < 4.78 is 26.3. The minimum Gasteiger partial charge on any atom is -0.246 e. The lowest BCUT2D eigenvalue weighted by atomic mass is 9.96. The number of carbonyl (C=O) groups excluding carboxylic acids is 1. The van der Waals surface area contributed by atoms with Crippen molar-refractivity contribution in [2.45, 2.75) is 31.1 Å². The van der Waals surface area contributed by atoms with Crippen molar-refractivity contribution in [2.24, 2.45) is 16.9 Å². The molecule has 8 heteroatoms. The van der Waals surface area contributed by atoms with Gasteiger partial charge in [0, 0.05) is 12.1 Å². The van der Waals surface area contributed by atoms with Crippen molar-refractivity contribution in [3.63, 3.8) is 0 Å². The van der Waals surface area contributed by atoms with E-state index in [1.165, 1.54) is 23.7 Å². The van der Waals surface area contributed by atoms with Crippen LogP contribution in [-0.2, 0) is 10.0 Å². The number of carbonyl (C=O) groups is 1. The first-order valence-corrected chi connectivity index (χ1v) is 9.14. The average Bonchev–Trinajstić information content (AvgIpc) is 2.94. The Morgan fingerprint density at radius 1 is 1.26 bits per heavy atom. The van der Waals surface area contributed by atoms with Crippen LogP contribution in [0.2, 0.25) is 0 Å². The Bertz CT molecular complexity index is 715. The molecule has 1 aliphatic carbocycles. The largest absolute Gasteiger partial charge is 0.348 e. The molecule has 2 unspecified atom stereocenters. The zero-order valence-corrected chi connectivity index (χ0v) is 13.7. The van der Waals surface area contributed by atoms with E-state index >= 15 is 0 Å². The summed E-state index contributed by atoms with van der Waals surface area (Å²) in [5.74, 6) is 0.953. The molecule has 2 aliphatic rings. The van der Waals surface area contributed by atoms with Crippen LogP contribution in [0.15, 0.2) is 34.3 Å². The van der Waals surface area contributed by atoms with Crippen LogP contribution in [0, 0.1) is 18.8 Å². The molecule has 0 bridgehead atoms. The molecular weight excluding hydrogens is 316 g/mol. The first kappa shape index (κ1) is 15.8. The summed E-state index contributed by atoms with van der Waals surface area (Å²) >= 11 is 0. The molecule has 1 heterocycles. The Balaban J connectivity index is 1.61. The van der Waals surface area contributed by atoms with E-state index in [4.69, 9.17) is 0 Å². The number of fused-ring (bicyclic) bond motifs is 1. The summed E-state index contributed by atoms with van der Waals surface area (Å²) in [5.41, 5.74) is 3.42. The fourth-order valence-electron chi connectivity index (χ4n) is 3.04. The maximum Gasteiger partial charge on any atom is 0.348 e. The highest BCUT2D eigenvalue weighted by atomic mass is 32.2. The van der Waals surface area contributed by atoms with Crippen molar-refractivity contribution in [3.05, 3.63) is 29.8 Å². The van der Waals surface area contributed by atoms with Gasteiger partial charge in [-0.25, -0.2) is 28.5 Å². The molecule has 0 aromatic heterocycles. The fourth-order valence-corrected chi connectivity index (χ4v) is 3.94. The van der Waals surface area contributed by atoms with Gasteiger partial charge in [0.2, 0.25) is 0 Å². The third-order valence-corrected chi connectivity index (χ3v) is 5.66. The van der Waals surface area contributed by atoms with Gasteiger partial charge < -0.3 is 0 Å². The minimum absolute atomic E-state index is 0.0521. The van der Waals surface area contributed by atoms with E-state index in [-0.39, 0.29) is 4.90 Å². The van der Waals surface area contributed by atoms with Gasteiger partial charge in [-0.2, -0.15) is 5.10 Å². The SMILES string of the molecule is Cc1ccc(S(=O)(=O)NC(=O)NN2CC3CCCC3C=N2)cc1. The maximum atomic E-state index is 12.1. The summed E-state index contributed by atoms with van der Waals surface area (Å²) in [7, 11) is -3.89. The molecule has 2 N–H and O–H groups in total. The van der Waals surface area contributed by atoms with E-state index < -0.39 is 16.1 Å². The number of amides is 2. The van der Waals surface area contributed by atoms with Gasteiger partial charge in [-0.15, -0.1) is 0 Å². The molecule has 0 spiro atoms. The molecule has 0 radical (unpaired) electrons. The van der Waals surface area contributed by atoms with Crippen molar-refractivity contribution in [2.75, 3.05) is 6.54 Å². The molecule has 2 amide bonds. The van der Waals surface area contributed by atoms with Crippen LogP contribution in [0.3, 0.4) is 0 Å². The molecule has 1 aromatic rings. The smallest absolute Gasteiger partial charge is 0.246 e. The van der Waals surface area contributed by atoms with E-state index in [0.717, 1.165) is 18.4 Å². The third-order valence-electron chi connectivity index (χ3n) is 4.31. The van der Waals surface area contributed by atoms with Gasteiger partial charge in [-0.05, 0) is 37.8 Å². The number of hydrogen-bond donors (Lipinski definition) is 2. The van der Waals surface area contributed by atoms with Crippen molar-refractivity contribution in [1.29, 1.82) is 0 Å². The number of aryl methyl sites for hydroxylation is 1. The number of hydrazine groups is 1. The zero-order chi connectivity index (χ0) is 16.4. The Hall–Kier alpha value is -2.09. The Labute approximate surface area is 135 Å². The lowest BCUT2D eigenvalue weighted by Crippen LogP contribution is -2.49. The summed E-state index contributed by atoms with van der Waals surface area (Å²) in [6.07, 6.45) is 5.26. The molecule has 0 saturated heterocycles. The van der Waals surface area contributed by atoms with Crippen LogP contribution in [0.25, 0.3) is 0 Å². The van der Waals surface area contributed by atoms with Crippen molar-refractivity contribution in [3.8, 4) is 0 Å². The molecule has 23 heavy (non-hydrogen) atoms. The summed E-state index contributed by atoms with van der Waals surface area (Å²) in [6, 6.07) is 5.49. The fraction of sp³-hybridized carbons (Fsp3) is 0.467. The van der Waals surface area contributed by atoms with Crippen LogP contribution in [0.1, 0.15) is 24.8 Å². The predicted molar refractivity (Wildman–Crippen MR) is 86.1 cm³/mol. The van der Waals surface area contributed by atoms with Crippen molar-refractivity contribution in [1.82, 2.24) is 15.3 Å². The topological polar surface area (TPSA) is 90.9 Å². The molecule has 1 aliphatic heterocycles. The highest BCUT2D eigenvalue weighted by molar-refractivity contribution is 7.90. The number of benzene rings is 1. The van der Waals surface area contributed by atoms with Gasteiger partial charge in [0.05, 0.1) is 11.4 Å². The third kappa shape index (κ3) is 3.64. The zero-order valence-electron chi connectivity index (χ0n) is 12.9. The molecule has 7 nitrogen and oxygen atoms in total.